The van der Waals surface area contributed by atoms with Gasteiger partial charge in [-0.2, -0.15) is 5.26 Å². The summed E-state index contributed by atoms with van der Waals surface area (Å²) in [6, 6.07) is 7.84. The maximum absolute atomic E-state index is 11.1. The third-order valence-electron chi connectivity index (χ3n) is 3.04. The fraction of sp³-hybridized carbons (Fsp3) is 0.312. The van der Waals surface area contributed by atoms with Crippen molar-refractivity contribution in [3.8, 4) is 6.07 Å². The molecule has 1 N–H and O–H groups in total. The lowest BCUT2D eigenvalue weighted by atomic mass is 10.00. The summed E-state index contributed by atoms with van der Waals surface area (Å²) < 4.78 is 0.973. The van der Waals surface area contributed by atoms with Gasteiger partial charge in [-0.05, 0) is 37.5 Å². The molecule has 0 fully saturated rings. The molecule has 5 heteroatoms. The molecule has 0 spiro atoms. The van der Waals surface area contributed by atoms with E-state index in [2.05, 4.69) is 22.9 Å². The monoisotopic (exact) mass is 299 g/mol. The first kappa shape index (κ1) is 15.2. The van der Waals surface area contributed by atoms with E-state index >= 15 is 0 Å². The van der Waals surface area contributed by atoms with Crippen molar-refractivity contribution in [2.24, 2.45) is 5.92 Å². The van der Waals surface area contributed by atoms with E-state index in [-0.39, 0.29) is 11.7 Å². The summed E-state index contributed by atoms with van der Waals surface area (Å²) in [5.74, 6) is 0.477. The molecule has 1 heterocycles. The Morgan fingerprint density at radius 3 is 2.95 bits per heavy atom. The van der Waals surface area contributed by atoms with Gasteiger partial charge in [-0.1, -0.05) is 13.5 Å². The third kappa shape index (κ3) is 4.14. The summed E-state index contributed by atoms with van der Waals surface area (Å²) in [5, 5.41) is 12.6. The first-order valence-electron chi connectivity index (χ1n) is 6.73. The second kappa shape index (κ2) is 6.51. The van der Waals surface area contributed by atoms with Crippen molar-refractivity contribution in [2.75, 3.05) is 5.32 Å². The van der Waals surface area contributed by atoms with Crippen molar-refractivity contribution >= 4 is 33.0 Å². The number of aromatic nitrogens is 1. The minimum absolute atomic E-state index is 0.199. The number of nitriles is 1. The molecular weight excluding hydrogens is 282 g/mol. The Hall–Kier alpha value is -2.19. The molecule has 1 aromatic carbocycles. The molecule has 1 atom stereocenters. The Labute approximate surface area is 128 Å². The van der Waals surface area contributed by atoms with E-state index < -0.39 is 0 Å². The Morgan fingerprint density at radius 1 is 1.52 bits per heavy atom. The number of thiazole rings is 1. The number of Topliss-reactive ketones (excluding diaryl/α,β-unsaturated/α-hetero) is 1. The van der Waals surface area contributed by atoms with Gasteiger partial charge in [-0.25, -0.2) is 4.98 Å². The fourth-order valence-corrected chi connectivity index (χ4v) is 3.09. The number of nitrogens with one attached hydrogen (secondary N) is 1. The number of rotatable bonds is 6. The number of allylic oxidation sites excluding steroid dienone is 1. The van der Waals surface area contributed by atoms with E-state index in [0.717, 1.165) is 28.0 Å². The molecule has 0 amide bonds. The number of benzene rings is 1. The summed E-state index contributed by atoms with van der Waals surface area (Å²) in [6.07, 6.45) is 1.32. The predicted octanol–water partition coefficient (Wildman–Crippen LogP) is 4.10. The van der Waals surface area contributed by atoms with Gasteiger partial charge < -0.3 is 10.1 Å². The topological polar surface area (TPSA) is 65.8 Å². The van der Waals surface area contributed by atoms with E-state index in [1.165, 1.54) is 11.3 Å². The van der Waals surface area contributed by atoms with Crippen LogP contribution in [0.15, 0.2) is 30.5 Å². The van der Waals surface area contributed by atoms with Gasteiger partial charge in [-0.3, -0.25) is 0 Å². The first-order valence-corrected chi connectivity index (χ1v) is 7.54. The minimum atomic E-state index is 0.199. The van der Waals surface area contributed by atoms with Crippen molar-refractivity contribution in [3.63, 3.8) is 0 Å². The molecule has 0 saturated heterocycles. The molecule has 0 radical (unpaired) electrons. The first-order chi connectivity index (χ1) is 9.97. The average molecular weight is 299 g/mol. The Bertz CT molecular complexity index is 727. The van der Waals surface area contributed by atoms with Crippen LogP contribution in [-0.2, 0) is 4.79 Å². The fourth-order valence-electron chi connectivity index (χ4n) is 2.29. The summed E-state index contributed by atoms with van der Waals surface area (Å²) in [5.41, 5.74) is 2.64. The lowest BCUT2D eigenvalue weighted by Crippen LogP contribution is -2.07. The zero-order valence-electron chi connectivity index (χ0n) is 12.1. The van der Waals surface area contributed by atoms with Gasteiger partial charge in [0.1, 0.15) is 11.9 Å². The van der Waals surface area contributed by atoms with Crippen LogP contribution in [0.5, 0.6) is 0 Å². The van der Waals surface area contributed by atoms with Crippen molar-refractivity contribution in [1.82, 2.24) is 4.98 Å². The van der Waals surface area contributed by atoms with Crippen LogP contribution in [0.3, 0.4) is 0 Å². The van der Waals surface area contributed by atoms with Gasteiger partial charge in [0.2, 0.25) is 0 Å². The number of carbonyl (C=O) groups excluding carboxylic acids is 1. The molecule has 2 aromatic rings. The molecular formula is C16H17N3OS. The van der Waals surface area contributed by atoms with Gasteiger partial charge in [0, 0.05) is 17.8 Å². The van der Waals surface area contributed by atoms with Crippen LogP contribution in [0.1, 0.15) is 31.7 Å². The van der Waals surface area contributed by atoms with Crippen LogP contribution in [0.25, 0.3) is 10.2 Å². The second-order valence-electron chi connectivity index (χ2n) is 5.26. The van der Waals surface area contributed by atoms with Crippen LogP contribution < -0.4 is 5.32 Å². The highest BCUT2D eigenvalue weighted by Crippen LogP contribution is 2.26. The Kier molecular flexibility index (Phi) is 4.71. The number of fused-ring (bicyclic) bond motifs is 1. The SMILES string of the molecule is C=C(CC(C)CC(C)=O)Nc1ccc2nc(C#N)sc2c1. The van der Waals surface area contributed by atoms with Crippen molar-refractivity contribution in [1.29, 1.82) is 5.26 Å². The van der Waals surface area contributed by atoms with E-state index in [0.29, 0.717) is 11.4 Å². The molecule has 0 saturated carbocycles. The maximum Gasteiger partial charge on any atom is 0.195 e. The van der Waals surface area contributed by atoms with Crippen LogP contribution in [0.2, 0.25) is 0 Å². The van der Waals surface area contributed by atoms with Crippen LogP contribution >= 0.6 is 11.3 Å². The Balaban J connectivity index is 2.04. The highest BCUT2D eigenvalue weighted by Gasteiger charge is 2.09. The number of carbonyl (C=O) groups is 1. The van der Waals surface area contributed by atoms with Gasteiger partial charge in [0.15, 0.2) is 5.01 Å². The van der Waals surface area contributed by atoms with Crippen molar-refractivity contribution < 1.29 is 4.79 Å². The molecule has 0 aliphatic heterocycles. The summed E-state index contributed by atoms with van der Waals surface area (Å²) in [6.45, 7) is 7.66. The zero-order valence-corrected chi connectivity index (χ0v) is 13.0. The molecule has 21 heavy (non-hydrogen) atoms. The molecule has 2 rings (SSSR count). The third-order valence-corrected chi connectivity index (χ3v) is 3.96. The van der Waals surface area contributed by atoms with E-state index in [9.17, 15) is 4.79 Å². The molecule has 4 nitrogen and oxygen atoms in total. The lowest BCUT2D eigenvalue weighted by Gasteiger charge is -2.14. The zero-order chi connectivity index (χ0) is 15.4. The number of hydrogen-bond acceptors (Lipinski definition) is 5. The van der Waals surface area contributed by atoms with E-state index in [4.69, 9.17) is 5.26 Å². The van der Waals surface area contributed by atoms with Crippen molar-refractivity contribution in [3.05, 3.63) is 35.5 Å². The van der Waals surface area contributed by atoms with Crippen molar-refractivity contribution in [2.45, 2.75) is 26.7 Å². The predicted molar refractivity (Wildman–Crippen MR) is 86.2 cm³/mol. The van der Waals surface area contributed by atoms with Crippen LogP contribution in [0.4, 0.5) is 5.69 Å². The lowest BCUT2D eigenvalue weighted by molar-refractivity contribution is -0.117. The quantitative estimate of drug-likeness (QED) is 0.872. The summed E-state index contributed by atoms with van der Waals surface area (Å²) in [4.78, 5) is 15.3. The van der Waals surface area contributed by atoms with Gasteiger partial charge >= 0.3 is 0 Å². The minimum Gasteiger partial charge on any atom is -0.359 e. The number of hydrogen-bond donors (Lipinski definition) is 1. The number of ketones is 1. The molecule has 1 aromatic heterocycles. The molecule has 0 bridgehead atoms. The standard InChI is InChI=1S/C16H17N3OS/c1-10(7-12(3)20)6-11(2)18-13-4-5-14-15(8-13)21-16(9-17)19-14/h4-5,8,10,18H,2,6-7H2,1,3H3. The van der Waals surface area contributed by atoms with Crippen LogP contribution in [0, 0.1) is 17.2 Å². The largest absolute Gasteiger partial charge is 0.359 e. The maximum atomic E-state index is 11.1. The summed E-state index contributed by atoms with van der Waals surface area (Å²) >= 11 is 1.37. The van der Waals surface area contributed by atoms with Gasteiger partial charge in [-0.15, -0.1) is 11.3 Å². The molecule has 0 aliphatic rings. The Morgan fingerprint density at radius 2 is 2.29 bits per heavy atom. The van der Waals surface area contributed by atoms with Gasteiger partial charge in [0.05, 0.1) is 10.2 Å². The number of anilines is 1. The number of nitrogens with zero attached hydrogens (tertiary/aromatic N) is 2. The van der Waals surface area contributed by atoms with E-state index in [1.54, 1.807) is 6.92 Å². The van der Waals surface area contributed by atoms with Gasteiger partial charge in [0.25, 0.3) is 0 Å². The highest BCUT2D eigenvalue weighted by molar-refractivity contribution is 7.19. The highest BCUT2D eigenvalue weighted by atomic mass is 32.1. The molecule has 1 unspecified atom stereocenters. The average Bonchev–Trinajstić information content (AvgIpc) is 2.79. The normalized spacial score (nSPS) is 11.9. The summed E-state index contributed by atoms with van der Waals surface area (Å²) in [7, 11) is 0. The molecule has 108 valence electrons. The molecule has 0 aliphatic carbocycles. The smallest absolute Gasteiger partial charge is 0.195 e. The van der Waals surface area contributed by atoms with E-state index in [1.807, 2.05) is 25.1 Å². The van der Waals surface area contributed by atoms with Crippen LogP contribution in [-0.4, -0.2) is 10.8 Å². The second-order valence-corrected chi connectivity index (χ2v) is 6.29.